The van der Waals surface area contributed by atoms with E-state index in [0.29, 0.717) is 0 Å². The quantitative estimate of drug-likeness (QED) is 0.869. The number of amides is 1. The minimum Gasteiger partial charge on any atom is -0.351 e. The minimum absolute atomic E-state index is 0.116. The van der Waals surface area contributed by atoms with Crippen LogP contribution in [0.15, 0.2) is 24.3 Å². The molecule has 1 aliphatic heterocycles. The maximum atomic E-state index is 12.4. The molecule has 0 bridgehead atoms. The van der Waals surface area contributed by atoms with Gasteiger partial charge in [0.15, 0.2) is 0 Å². The summed E-state index contributed by atoms with van der Waals surface area (Å²) in [5.41, 5.74) is 1.91. The largest absolute Gasteiger partial charge is 0.351 e. The van der Waals surface area contributed by atoms with E-state index in [1.165, 1.54) is 5.56 Å². The number of carbonyl (C=O) groups is 1. The normalized spacial score (nSPS) is 19.4. The number of aryl methyl sites for hydroxylation is 1. The molecule has 0 aliphatic carbocycles. The molecule has 1 heterocycles. The molecule has 1 aromatic carbocycles. The van der Waals surface area contributed by atoms with Gasteiger partial charge in [-0.2, -0.15) is 0 Å². The smallest absolute Gasteiger partial charge is 0.230 e. The van der Waals surface area contributed by atoms with E-state index >= 15 is 0 Å². The summed E-state index contributed by atoms with van der Waals surface area (Å²) >= 11 is 0. The van der Waals surface area contributed by atoms with E-state index in [-0.39, 0.29) is 11.9 Å². The Morgan fingerprint density at radius 3 is 2.58 bits per heavy atom. The fourth-order valence-electron chi connectivity index (χ4n) is 2.43. The predicted octanol–water partition coefficient (Wildman–Crippen LogP) is 2.00. The first-order valence-corrected chi connectivity index (χ1v) is 7.15. The Hall–Kier alpha value is -1.35. The zero-order valence-corrected chi connectivity index (χ0v) is 12.1. The Morgan fingerprint density at radius 1 is 1.37 bits per heavy atom. The highest BCUT2D eigenvalue weighted by Gasteiger charge is 2.31. The van der Waals surface area contributed by atoms with Crippen molar-refractivity contribution in [3.63, 3.8) is 0 Å². The van der Waals surface area contributed by atoms with E-state index in [4.69, 9.17) is 0 Å². The third-order valence-corrected chi connectivity index (χ3v) is 4.05. The molecule has 1 aliphatic rings. The van der Waals surface area contributed by atoms with Crippen molar-refractivity contribution in [3.05, 3.63) is 35.4 Å². The first-order chi connectivity index (χ1) is 9.04. The van der Waals surface area contributed by atoms with Crippen molar-refractivity contribution < 1.29 is 4.79 Å². The highest BCUT2D eigenvalue weighted by atomic mass is 16.2. The molecule has 0 spiro atoms. The molecule has 1 unspecified atom stereocenters. The molecule has 2 N–H and O–H groups in total. The number of benzene rings is 1. The lowest BCUT2D eigenvalue weighted by Gasteiger charge is -2.26. The molecule has 104 valence electrons. The van der Waals surface area contributed by atoms with Crippen LogP contribution in [0, 0.1) is 0 Å². The molecule has 1 aromatic rings. The molecule has 1 saturated heterocycles. The third-order valence-electron chi connectivity index (χ3n) is 4.05. The van der Waals surface area contributed by atoms with Crippen LogP contribution in [0.5, 0.6) is 0 Å². The topological polar surface area (TPSA) is 41.1 Å². The Kier molecular flexibility index (Phi) is 4.25. The molecule has 0 aromatic heterocycles. The van der Waals surface area contributed by atoms with Gasteiger partial charge in [-0.15, -0.1) is 0 Å². The maximum absolute atomic E-state index is 12.4. The van der Waals surface area contributed by atoms with Crippen molar-refractivity contribution in [2.45, 2.75) is 45.1 Å². The third kappa shape index (κ3) is 3.16. The van der Waals surface area contributed by atoms with Crippen molar-refractivity contribution in [1.82, 2.24) is 10.6 Å². The van der Waals surface area contributed by atoms with Crippen molar-refractivity contribution >= 4 is 5.91 Å². The van der Waals surface area contributed by atoms with Crippen LogP contribution in [0.25, 0.3) is 0 Å². The van der Waals surface area contributed by atoms with Crippen LogP contribution in [0.2, 0.25) is 0 Å². The highest BCUT2D eigenvalue weighted by molar-refractivity contribution is 5.87. The summed E-state index contributed by atoms with van der Waals surface area (Å²) in [7, 11) is 0. The zero-order chi connectivity index (χ0) is 13.9. The molecule has 1 fully saturated rings. The molecule has 0 radical (unpaired) electrons. The van der Waals surface area contributed by atoms with Gasteiger partial charge in [0, 0.05) is 12.6 Å². The first-order valence-electron chi connectivity index (χ1n) is 7.15. The van der Waals surface area contributed by atoms with E-state index in [1.54, 1.807) is 0 Å². The lowest BCUT2D eigenvalue weighted by Crippen LogP contribution is -2.45. The molecule has 0 saturated carbocycles. The molecule has 2 rings (SSSR count). The standard InChI is InChI=1S/C16H24N2O/c1-4-12-5-7-13(8-6-12)16(2,3)15(19)18-14-9-10-17-11-14/h5-8,14,17H,4,9-11H2,1-3H3,(H,18,19). The minimum atomic E-state index is -0.477. The Morgan fingerprint density at radius 2 is 2.05 bits per heavy atom. The van der Waals surface area contributed by atoms with Crippen LogP contribution in [0.3, 0.4) is 0 Å². The summed E-state index contributed by atoms with van der Waals surface area (Å²) < 4.78 is 0. The number of hydrogen-bond donors (Lipinski definition) is 2. The summed E-state index contributed by atoms with van der Waals surface area (Å²) in [5.74, 6) is 0.116. The van der Waals surface area contributed by atoms with Gasteiger partial charge < -0.3 is 10.6 Å². The lowest BCUT2D eigenvalue weighted by atomic mass is 9.83. The predicted molar refractivity (Wildman–Crippen MR) is 78.3 cm³/mol. The van der Waals surface area contributed by atoms with E-state index in [9.17, 15) is 4.79 Å². The number of hydrogen-bond acceptors (Lipinski definition) is 2. The van der Waals surface area contributed by atoms with Crippen LogP contribution in [-0.4, -0.2) is 25.0 Å². The Labute approximate surface area is 115 Å². The summed E-state index contributed by atoms with van der Waals surface area (Å²) in [6.07, 6.45) is 2.05. The molecule has 1 amide bonds. The average Bonchev–Trinajstić information content (AvgIpc) is 2.91. The van der Waals surface area contributed by atoms with Gasteiger partial charge >= 0.3 is 0 Å². The SMILES string of the molecule is CCc1ccc(C(C)(C)C(=O)NC2CCNC2)cc1. The van der Waals surface area contributed by atoms with Crippen molar-refractivity contribution in [3.8, 4) is 0 Å². The van der Waals surface area contributed by atoms with Crippen molar-refractivity contribution in [2.75, 3.05) is 13.1 Å². The second-order valence-corrected chi connectivity index (χ2v) is 5.84. The van der Waals surface area contributed by atoms with Gasteiger partial charge in [-0.05, 0) is 44.4 Å². The Bertz CT molecular complexity index is 431. The van der Waals surface area contributed by atoms with Gasteiger partial charge in [0.1, 0.15) is 0 Å². The molecule has 3 heteroatoms. The summed E-state index contributed by atoms with van der Waals surface area (Å²) in [6, 6.07) is 8.65. The van der Waals surface area contributed by atoms with Gasteiger partial charge in [-0.3, -0.25) is 4.79 Å². The maximum Gasteiger partial charge on any atom is 0.230 e. The van der Waals surface area contributed by atoms with Crippen LogP contribution in [-0.2, 0) is 16.6 Å². The van der Waals surface area contributed by atoms with Crippen LogP contribution in [0.1, 0.15) is 38.3 Å². The fourth-order valence-corrected chi connectivity index (χ4v) is 2.43. The average molecular weight is 260 g/mol. The molecular weight excluding hydrogens is 236 g/mol. The second-order valence-electron chi connectivity index (χ2n) is 5.84. The summed E-state index contributed by atoms with van der Waals surface area (Å²) in [4.78, 5) is 12.4. The zero-order valence-electron chi connectivity index (χ0n) is 12.1. The fraction of sp³-hybridized carbons (Fsp3) is 0.562. The van der Waals surface area contributed by atoms with Crippen LogP contribution < -0.4 is 10.6 Å². The van der Waals surface area contributed by atoms with E-state index in [0.717, 1.165) is 31.5 Å². The number of carbonyl (C=O) groups excluding carboxylic acids is 1. The van der Waals surface area contributed by atoms with E-state index < -0.39 is 5.41 Å². The van der Waals surface area contributed by atoms with Crippen LogP contribution >= 0.6 is 0 Å². The molecule has 3 nitrogen and oxygen atoms in total. The monoisotopic (exact) mass is 260 g/mol. The highest BCUT2D eigenvalue weighted by Crippen LogP contribution is 2.24. The molecular formula is C16H24N2O. The first kappa shape index (κ1) is 14.1. The summed E-state index contributed by atoms with van der Waals surface area (Å²) in [6.45, 7) is 8.00. The van der Waals surface area contributed by atoms with Crippen molar-refractivity contribution in [2.24, 2.45) is 0 Å². The number of rotatable bonds is 4. The Balaban J connectivity index is 2.08. The number of nitrogens with one attached hydrogen (secondary N) is 2. The van der Waals surface area contributed by atoms with Crippen LogP contribution in [0.4, 0.5) is 0 Å². The lowest BCUT2D eigenvalue weighted by molar-refractivity contribution is -0.126. The van der Waals surface area contributed by atoms with E-state index in [1.807, 2.05) is 13.8 Å². The molecule has 19 heavy (non-hydrogen) atoms. The van der Waals surface area contributed by atoms with Crippen molar-refractivity contribution in [1.29, 1.82) is 0 Å². The summed E-state index contributed by atoms with van der Waals surface area (Å²) in [5, 5.41) is 6.41. The van der Waals surface area contributed by atoms with Gasteiger partial charge in [-0.1, -0.05) is 31.2 Å². The van der Waals surface area contributed by atoms with Gasteiger partial charge in [-0.25, -0.2) is 0 Å². The second kappa shape index (κ2) is 5.74. The van der Waals surface area contributed by atoms with Gasteiger partial charge in [0.25, 0.3) is 0 Å². The van der Waals surface area contributed by atoms with Gasteiger partial charge in [0.2, 0.25) is 5.91 Å². The van der Waals surface area contributed by atoms with E-state index in [2.05, 4.69) is 41.8 Å². The molecule has 1 atom stereocenters. The van der Waals surface area contributed by atoms with Gasteiger partial charge in [0.05, 0.1) is 5.41 Å².